The quantitative estimate of drug-likeness (QED) is 0.726. The molecule has 1 aromatic carbocycles. The standard InChI is InChI=1S/C22H26FN3O3/c1-12-9-14(6-7-17(12)23)24-21(29)19-16-5-4-8-22(10-15(27)11-22)25-20(28)18(16)13(2)26(19)3/h6-7,9,15,27H,4-5,8,10-11H2,1-3H3,(H,24,29)(H,25,28). The summed E-state index contributed by atoms with van der Waals surface area (Å²) in [5.41, 5.74) is 3.12. The number of rotatable bonds is 2. The Balaban J connectivity index is 1.66. The monoisotopic (exact) mass is 399 g/mol. The third-order valence-electron chi connectivity index (χ3n) is 6.36. The number of amides is 2. The van der Waals surface area contributed by atoms with Crippen molar-refractivity contribution < 1.29 is 19.1 Å². The van der Waals surface area contributed by atoms with E-state index in [4.69, 9.17) is 0 Å². The summed E-state index contributed by atoms with van der Waals surface area (Å²) >= 11 is 0. The molecule has 2 heterocycles. The van der Waals surface area contributed by atoms with Crippen LogP contribution in [0.4, 0.5) is 10.1 Å². The Morgan fingerprint density at radius 2 is 2.07 bits per heavy atom. The lowest BCUT2D eigenvalue weighted by Crippen LogP contribution is -2.59. The normalized spacial score (nSPS) is 23.6. The third kappa shape index (κ3) is 3.33. The molecule has 29 heavy (non-hydrogen) atoms. The summed E-state index contributed by atoms with van der Waals surface area (Å²) in [5, 5.41) is 15.7. The van der Waals surface area contributed by atoms with Crippen molar-refractivity contribution in [2.75, 3.05) is 5.32 Å². The maximum Gasteiger partial charge on any atom is 0.272 e. The number of carbonyl (C=O) groups is 2. The molecule has 2 amide bonds. The van der Waals surface area contributed by atoms with Crippen molar-refractivity contribution in [3.8, 4) is 0 Å². The van der Waals surface area contributed by atoms with Gasteiger partial charge in [0.25, 0.3) is 11.8 Å². The molecule has 1 aliphatic heterocycles. The molecule has 4 rings (SSSR count). The van der Waals surface area contributed by atoms with E-state index in [0.29, 0.717) is 41.8 Å². The number of hydrogen-bond acceptors (Lipinski definition) is 3. The number of benzene rings is 1. The second kappa shape index (κ2) is 6.99. The Morgan fingerprint density at radius 1 is 1.34 bits per heavy atom. The van der Waals surface area contributed by atoms with Gasteiger partial charge in [-0.1, -0.05) is 0 Å². The number of aliphatic hydroxyl groups excluding tert-OH is 1. The Kier molecular flexibility index (Phi) is 4.73. The second-order valence-electron chi connectivity index (χ2n) is 8.41. The third-order valence-corrected chi connectivity index (χ3v) is 6.36. The van der Waals surface area contributed by atoms with Gasteiger partial charge in [-0.15, -0.1) is 0 Å². The molecule has 1 spiro atoms. The lowest BCUT2D eigenvalue weighted by atomic mass is 9.70. The fourth-order valence-corrected chi connectivity index (χ4v) is 4.74. The lowest BCUT2D eigenvalue weighted by Gasteiger charge is -2.47. The van der Waals surface area contributed by atoms with Gasteiger partial charge in [-0.2, -0.15) is 0 Å². The Hall–Kier alpha value is -2.67. The van der Waals surface area contributed by atoms with Gasteiger partial charge in [0.1, 0.15) is 11.5 Å². The first kappa shape index (κ1) is 19.6. The van der Waals surface area contributed by atoms with Gasteiger partial charge in [0.05, 0.1) is 11.7 Å². The SMILES string of the molecule is Cc1cc(NC(=O)c2c3c(c(C)n2C)C(=O)NC2(CCC3)CC(O)C2)ccc1F. The maximum atomic E-state index is 13.5. The summed E-state index contributed by atoms with van der Waals surface area (Å²) in [6, 6.07) is 4.44. The predicted molar refractivity (Wildman–Crippen MR) is 108 cm³/mol. The molecule has 0 radical (unpaired) electrons. The van der Waals surface area contributed by atoms with E-state index in [1.165, 1.54) is 12.1 Å². The van der Waals surface area contributed by atoms with Gasteiger partial charge in [0.15, 0.2) is 0 Å². The van der Waals surface area contributed by atoms with Crippen LogP contribution in [0.15, 0.2) is 18.2 Å². The maximum absolute atomic E-state index is 13.5. The molecule has 6 nitrogen and oxygen atoms in total. The molecule has 2 aliphatic rings. The Bertz CT molecular complexity index is 1010. The minimum absolute atomic E-state index is 0.184. The van der Waals surface area contributed by atoms with Crippen molar-refractivity contribution in [2.24, 2.45) is 7.05 Å². The highest BCUT2D eigenvalue weighted by Gasteiger charge is 2.46. The Labute approximate surface area is 169 Å². The molecule has 0 unspecified atom stereocenters. The summed E-state index contributed by atoms with van der Waals surface area (Å²) in [5.74, 6) is -0.823. The van der Waals surface area contributed by atoms with Crippen molar-refractivity contribution in [3.05, 3.63) is 52.1 Å². The molecule has 154 valence electrons. The number of nitrogens with one attached hydrogen (secondary N) is 2. The van der Waals surface area contributed by atoms with E-state index < -0.39 is 0 Å². The van der Waals surface area contributed by atoms with Crippen molar-refractivity contribution in [3.63, 3.8) is 0 Å². The summed E-state index contributed by atoms with van der Waals surface area (Å²) in [6.45, 7) is 3.48. The van der Waals surface area contributed by atoms with Crippen molar-refractivity contribution in [1.29, 1.82) is 0 Å². The van der Waals surface area contributed by atoms with Crippen LogP contribution in [0.5, 0.6) is 0 Å². The first-order valence-corrected chi connectivity index (χ1v) is 9.97. The van der Waals surface area contributed by atoms with E-state index in [0.717, 1.165) is 24.1 Å². The molecule has 1 aliphatic carbocycles. The van der Waals surface area contributed by atoms with Gasteiger partial charge in [0.2, 0.25) is 0 Å². The average molecular weight is 399 g/mol. The van der Waals surface area contributed by atoms with Crippen LogP contribution in [0.1, 0.15) is 63.4 Å². The first-order chi connectivity index (χ1) is 13.7. The predicted octanol–water partition coefficient (Wildman–Crippen LogP) is 2.99. The number of nitrogens with zero attached hydrogens (tertiary/aromatic N) is 1. The second-order valence-corrected chi connectivity index (χ2v) is 8.41. The number of carbonyl (C=O) groups excluding carboxylic acids is 2. The number of fused-ring (bicyclic) bond motifs is 1. The summed E-state index contributed by atoms with van der Waals surface area (Å²) < 4.78 is 15.3. The molecule has 0 bridgehead atoms. The van der Waals surface area contributed by atoms with Crippen molar-refractivity contribution in [2.45, 2.75) is 57.6 Å². The van der Waals surface area contributed by atoms with Gasteiger partial charge in [-0.25, -0.2) is 4.39 Å². The topological polar surface area (TPSA) is 83.4 Å². The van der Waals surface area contributed by atoms with E-state index in [1.807, 2.05) is 6.92 Å². The van der Waals surface area contributed by atoms with Crippen LogP contribution in [0.2, 0.25) is 0 Å². The number of aliphatic hydroxyl groups is 1. The molecular weight excluding hydrogens is 373 g/mol. The number of aryl methyl sites for hydroxylation is 1. The van der Waals surface area contributed by atoms with Crippen molar-refractivity contribution >= 4 is 17.5 Å². The minimum atomic E-state index is -0.355. The van der Waals surface area contributed by atoms with Crippen molar-refractivity contribution in [1.82, 2.24) is 9.88 Å². The van der Waals surface area contributed by atoms with Gasteiger partial charge in [-0.05, 0) is 75.3 Å². The summed E-state index contributed by atoms with van der Waals surface area (Å²) in [7, 11) is 1.78. The number of aromatic nitrogens is 1. The number of halogens is 1. The summed E-state index contributed by atoms with van der Waals surface area (Å²) in [4.78, 5) is 26.1. The largest absolute Gasteiger partial charge is 0.393 e. The highest BCUT2D eigenvalue weighted by atomic mass is 19.1. The van der Waals surface area contributed by atoms with E-state index in [-0.39, 0.29) is 29.3 Å². The zero-order valence-electron chi connectivity index (χ0n) is 16.9. The van der Waals surface area contributed by atoms with Crippen LogP contribution in [0, 0.1) is 19.7 Å². The molecular formula is C22H26FN3O3. The molecule has 1 aromatic heterocycles. The first-order valence-electron chi connectivity index (χ1n) is 9.97. The Morgan fingerprint density at radius 3 is 2.72 bits per heavy atom. The lowest BCUT2D eigenvalue weighted by molar-refractivity contribution is -0.00212. The highest BCUT2D eigenvalue weighted by molar-refractivity contribution is 6.08. The summed E-state index contributed by atoms with van der Waals surface area (Å²) in [6.07, 6.45) is 3.02. The molecule has 0 saturated heterocycles. The van der Waals surface area contributed by atoms with Crippen LogP contribution in [-0.4, -0.2) is 33.1 Å². The van der Waals surface area contributed by atoms with Gasteiger partial charge >= 0.3 is 0 Å². The van der Waals surface area contributed by atoms with Crippen LogP contribution >= 0.6 is 0 Å². The van der Waals surface area contributed by atoms with Crippen LogP contribution in [0.3, 0.4) is 0 Å². The van der Waals surface area contributed by atoms with E-state index in [9.17, 15) is 19.1 Å². The van der Waals surface area contributed by atoms with Crippen LogP contribution in [-0.2, 0) is 13.5 Å². The highest BCUT2D eigenvalue weighted by Crippen LogP contribution is 2.39. The number of hydrogen-bond donors (Lipinski definition) is 3. The van der Waals surface area contributed by atoms with Gasteiger partial charge in [0, 0.05) is 24.0 Å². The van der Waals surface area contributed by atoms with Gasteiger partial charge in [-0.3, -0.25) is 9.59 Å². The molecule has 1 saturated carbocycles. The molecule has 3 N–H and O–H groups in total. The fourth-order valence-electron chi connectivity index (χ4n) is 4.74. The zero-order chi connectivity index (χ0) is 20.9. The minimum Gasteiger partial charge on any atom is -0.393 e. The molecule has 7 heteroatoms. The fraction of sp³-hybridized carbons (Fsp3) is 0.455. The van der Waals surface area contributed by atoms with Crippen LogP contribution in [0.25, 0.3) is 0 Å². The molecule has 0 atom stereocenters. The van der Waals surface area contributed by atoms with E-state index in [1.54, 1.807) is 24.6 Å². The average Bonchev–Trinajstić information content (AvgIpc) is 2.86. The molecule has 1 fully saturated rings. The smallest absolute Gasteiger partial charge is 0.272 e. The zero-order valence-corrected chi connectivity index (χ0v) is 16.9. The van der Waals surface area contributed by atoms with Gasteiger partial charge < -0.3 is 20.3 Å². The van der Waals surface area contributed by atoms with Crippen LogP contribution < -0.4 is 10.6 Å². The number of anilines is 1. The van der Waals surface area contributed by atoms with E-state index >= 15 is 0 Å². The molecule has 2 aromatic rings. The van der Waals surface area contributed by atoms with E-state index in [2.05, 4.69) is 10.6 Å².